The van der Waals surface area contributed by atoms with Crippen molar-refractivity contribution in [2.24, 2.45) is 0 Å². The predicted octanol–water partition coefficient (Wildman–Crippen LogP) is 6.89. The number of hydrogen-bond donors (Lipinski definition) is 1. The largest absolute Gasteiger partial charge is 0.385 e. The maximum Gasteiger partial charge on any atom is 0.385 e. The maximum atomic E-state index is 12.4. The third-order valence-electron chi connectivity index (χ3n) is 5.07. The van der Waals surface area contributed by atoms with Gasteiger partial charge in [-0.3, -0.25) is 4.57 Å². The van der Waals surface area contributed by atoms with Crippen LogP contribution >= 0.6 is 7.60 Å². The Labute approximate surface area is 169 Å². The molecule has 27 heavy (non-hydrogen) atoms. The average Bonchev–Trinajstić information content (AvgIpc) is 2.57. The Bertz CT molecular complexity index is 418. The second kappa shape index (κ2) is 15.7. The molecule has 0 fully saturated rings. The molecule has 0 amide bonds. The Balaban J connectivity index is 3.64. The zero-order valence-corrected chi connectivity index (χ0v) is 19.7. The number of allylic oxidation sites excluding steroid dienone is 2. The summed E-state index contributed by atoms with van der Waals surface area (Å²) in [4.78, 5) is 10.2. The highest BCUT2D eigenvalue weighted by atomic mass is 31.2. The lowest BCUT2D eigenvalue weighted by atomic mass is 10.1. The molecular formula is C22H47NO3P+. The van der Waals surface area contributed by atoms with Crippen LogP contribution in [0.4, 0.5) is 0 Å². The lowest BCUT2D eigenvalue weighted by molar-refractivity contribution is -0.883. The Morgan fingerprint density at radius 2 is 1.33 bits per heavy atom. The molecule has 0 rings (SSSR count). The molecule has 0 heterocycles. The summed E-state index contributed by atoms with van der Waals surface area (Å²) in [5.74, 6) is -0.361. The van der Waals surface area contributed by atoms with E-state index in [0.29, 0.717) is 17.5 Å². The SMILES string of the molecule is CCCCCCCCCCCC=CCCCOP(=O)(O)C(CC)[N+](C)(C)C. The number of hydrogen-bond acceptors (Lipinski definition) is 2. The van der Waals surface area contributed by atoms with Crippen molar-refractivity contribution in [1.29, 1.82) is 0 Å². The first-order valence-electron chi connectivity index (χ1n) is 11.2. The first-order chi connectivity index (χ1) is 12.8. The third-order valence-corrected chi connectivity index (χ3v) is 7.43. The minimum atomic E-state index is -3.56. The Morgan fingerprint density at radius 1 is 0.852 bits per heavy atom. The fourth-order valence-corrected chi connectivity index (χ4v) is 5.41. The van der Waals surface area contributed by atoms with Gasteiger partial charge in [0, 0.05) is 6.42 Å². The zero-order valence-electron chi connectivity index (χ0n) is 18.8. The van der Waals surface area contributed by atoms with E-state index in [4.69, 9.17) is 4.52 Å². The molecule has 2 unspecified atom stereocenters. The molecule has 0 aromatic rings. The molecule has 5 heteroatoms. The van der Waals surface area contributed by atoms with Gasteiger partial charge in [-0.2, -0.15) is 0 Å². The van der Waals surface area contributed by atoms with Crippen LogP contribution < -0.4 is 0 Å². The summed E-state index contributed by atoms with van der Waals surface area (Å²) in [6, 6.07) is 0. The van der Waals surface area contributed by atoms with Gasteiger partial charge >= 0.3 is 7.60 Å². The van der Waals surface area contributed by atoms with Crippen LogP contribution in [0.25, 0.3) is 0 Å². The number of unbranched alkanes of at least 4 members (excludes halogenated alkanes) is 10. The molecule has 2 atom stereocenters. The molecule has 0 aromatic heterocycles. The van der Waals surface area contributed by atoms with Gasteiger partial charge in [0.05, 0.1) is 27.7 Å². The molecule has 0 aliphatic carbocycles. The molecule has 4 nitrogen and oxygen atoms in total. The Morgan fingerprint density at radius 3 is 1.81 bits per heavy atom. The fourth-order valence-electron chi connectivity index (χ4n) is 3.51. The summed E-state index contributed by atoms with van der Waals surface area (Å²) in [7, 11) is 2.26. The van der Waals surface area contributed by atoms with Gasteiger partial charge in [-0.05, 0) is 25.7 Å². The van der Waals surface area contributed by atoms with Gasteiger partial charge in [0.25, 0.3) is 0 Å². The monoisotopic (exact) mass is 404 g/mol. The van der Waals surface area contributed by atoms with Crippen LogP contribution in [0, 0.1) is 0 Å². The van der Waals surface area contributed by atoms with Gasteiger partial charge in [-0.25, -0.2) is 0 Å². The lowest BCUT2D eigenvalue weighted by Crippen LogP contribution is -2.44. The molecule has 0 aromatic carbocycles. The minimum Gasteiger partial charge on any atom is -0.320 e. The zero-order chi connectivity index (χ0) is 20.6. The third kappa shape index (κ3) is 14.5. The van der Waals surface area contributed by atoms with Crippen molar-refractivity contribution in [3.05, 3.63) is 12.2 Å². The van der Waals surface area contributed by atoms with E-state index in [1.54, 1.807) is 0 Å². The van der Waals surface area contributed by atoms with Crippen molar-refractivity contribution in [2.45, 2.75) is 103 Å². The van der Waals surface area contributed by atoms with Crippen LogP contribution in [0.2, 0.25) is 0 Å². The number of rotatable bonds is 18. The summed E-state index contributed by atoms with van der Waals surface area (Å²) >= 11 is 0. The summed E-state index contributed by atoms with van der Waals surface area (Å²) in [5.41, 5.74) is 0. The van der Waals surface area contributed by atoms with Crippen LogP contribution in [-0.4, -0.2) is 42.9 Å². The van der Waals surface area contributed by atoms with E-state index in [1.165, 1.54) is 57.8 Å². The molecule has 0 saturated carbocycles. The van der Waals surface area contributed by atoms with E-state index in [9.17, 15) is 9.46 Å². The van der Waals surface area contributed by atoms with Crippen molar-refractivity contribution in [3.63, 3.8) is 0 Å². The molecule has 1 N–H and O–H groups in total. The van der Waals surface area contributed by atoms with Gasteiger partial charge in [-0.15, -0.1) is 0 Å². The summed E-state index contributed by atoms with van der Waals surface area (Å²) in [6.07, 6.45) is 20.2. The van der Waals surface area contributed by atoms with Crippen molar-refractivity contribution in [1.82, 2.24) is 0 Å². The van der Waals surface area contributed by atoms with Gasteiger partial charge in [0.15, 0.2) is 5.78 Å². The van der Waals surface area contributed by atoms with Crippen molar-refractivity contribution in [3.8, 4) is 0 Å². The molecule has 0 saturated heterocycles. The van der Waals surface area contributed by atoms with E-state index in [-0.39, 0.29) is 5.78 Å². The minimum absolute atomic E-state index is 0.354. The van der Waals surface area contributed by atoms with Crippen LogP contribution in [0.15, 0.2) is 12.2 Å². The standard InChI is InChI=1S/C22H46NO3P/c1-6-8-9-10-11-12-13-14-15-16-17-18-19-20-21-26-27(24,25)22(7-2)23(3,4)5/h17-18,22H,6-16,19-21H2,1-5H3/p+1. The molecule has 0 aliphatic rings. The molecule has 0 aliphatic heterocycles. The first-order valence-corrected chi connectivity index (χ1v) is 12.8. The van der Waals surface area contributed by atoms with Crippen molar-refractivity contribution in [2.75, 3.05) is 27.7 Å². The quantitative estimate of drug-likeness (QED) is 0.117. The summed E-state index contributed by atoms with van der Waals surface area (Å²) in [6.45, 7) is 4.56. The van der Waals surface area contributed by atoms with E-state index in [2.05, 4.69) is 19.1 Å². The van der Waals surface area contributed by atoms with Crippen LogP contribution in [0.3, 0.4) is 0 Å². The van der Waals surface area contributed by atoms with Crippen LogP contribution in [0.1, 0.15) is 97.3 Å². The van der Waals surface area contributed by atoms with Gasteiger partial charge in [0.2, 0.25) is 0 Å². The maximum absolute atomic E-state index is 12.4. The second-order valence-corrected chi connectivity index (χ2v) is 10.6. The fraction of sp³-hybridized carbons (Fsp3) is 0.909. The van der Waals surface area contributed by atoms with Crippen LogP contribution in [0.5, 0.6) is 0 Å². The predicted molar refractivity (Wildman–Crippen MR) is 118 cm³/mol. The van der Waals surface area contributed by atoms with Crippen LogP contribution in [-0.2, 0) is 9.09 Å². The van der Waals surface area contributed by atoms with Gasteiger partial charge < -0.3 is 13.9 Å². The van der Waals surface area contributed by atoms with Gasteiger partial charge in [-0.1, -0.05) is 77.4 Å². The normalized spacial score (nSPS) is 15.9. The molecule has 0 radical (unpaired) electrons. The van der Waals surface area contributed by atoms with E-state index in [1.807, 2.05) is 28.1 Å². The van der Waals surface area contributed by atoms with Gasteiger partial charge in [0.1, 0.15) is 0 Å². The topological polar surface area (TPSA) is 46.5 Å². The molecule has 0 spiro atoms. The number of quaternary nitrogens is 1. The number of nitrogens with zero attached hydrogens (tertiary/aromatic N) is 1. The highest BCUT2D eigenvalue weighted by Crippen LogP contribution is 2.51. The second-order valence-electron chi connectivity index (χ2n) is 8.63. The summed E-state index contributed by atoms with van der Waals surface area (Å²) < 4.78 is 18.3. The first kappa shape index (κ1) is 26.9. The molecular weight excluding hydrogens is 357 g/mol. The highest BCUT2D eigenvalue weighted by Gasteiger charge is 2.41. The molecule has 0 bridgehead atoms. The van der Waals surface area contributed by atoms with E-state index >= 15 is 0 Å². The Kier molecular flexibility index (Phi) is 15.6. The lowest BCUT2D eigenvalue weighted by Gasteiger charge is -2.35. The van der Waals surface area contributed by atoms with Crippen molar-refractivity contribution < 1.29 is 18.5 Å². The highest BCUT2D eigenvalue weighted by molar-refractivity contribution is 7.53. The summed E-state index contributed by atoms with van der Waals surface area (Å²) in [5, 5.41) is 0. The smallest absolute Gasteiger partial charge is 0.320 e. The van der Waals surface area contributed by atoms with E-state index < -0.39 is 7.60 Å². The molecule has 162 valence electrons. The van der Waals surface area contributed by atoms with Crippen molar-refractivity contribution >= 4 is 7.60 Å². The van der Waals surface area contributed by atoms with E-state index in [0.717, 1.165) is 19.3 Å². The Hall–Kier alpha value is -0.150. The average molecular weight is 405 g/mol.